The molecule has 2 aliphatic heterocycles. The van der Waals surface area contributed by atoms with Gasteiger partial charge in [-0.1, -0.05) is 6.07 Å². The Labute approximate surface area is 171 Å². The van der Waals surface area contributed by atoms with Crippen LogP contribution in [0.15, 0.2) is 48.5 Å². The first-order valence-corrected chi connectivity index (χ1v) is 9.76. The van der Waals surface area contributed by atoms with Gasteiger partial charge < -0.3 is 5.11 Å². The predicted molar refractivity (Wildman–Crippen MR) is 104 cm³/mol. The molecule has 1 N–H and O–H groups in total. The zero-order valence-electron chi connectivity index (χ0n) is 16.1. The van der Waals surface area contributed by atoms with Crippen molar-refractivity contribution in [3.63, 3.8) is 0 Å². The number of non-ortho nitro benzene ring substituents is 1. The van der Waals surface area contributed by atoms with Crippen LogP contribution >= 0.6 is 0 Å². The number of halogens is 3. The van der Waals surface area contributed by atoms with Gasteiger partial charge in [0.25, 0.3) is 17.2 Å². The topological polar surface area (TPSA) is 69.6 Å². The first-order chi connectivity index (χ1) is 14.2. The van der Waals surface area contributed by atoms with Crippen molar-refractivity contribution in [2.75, 3.05) is 18.0 Å². The second-order valence-electron chi connectivity index (χ2n) is 7.65. The Bertz CT molecular complexity index is 1000. The van der Waals surface area contributed by atoms with Crippen LogP contribution in [0.4, 0.5) is 24.5 Å². The number of aliphatic hydroxyl groups is 1. The predicted octanol–water partition coefficient (Wildman–Crippen LogP) is 4.26. The molecule has 4 rings (SSSR count). The van der Waals surface area contributed by atoms with Crippen LogP contribution in [0.5, 0.6) is 0 Å². The van der Waals surface area contributed by atoms with Gasteiger partial charge >= 0.3 is 6.18 Å². The van der Waals surface area contributed by atoms with Crippen molar-refractivity contribution in [1.29, 1.82) is 0 Å². The number of nitrogens with zero attached hydrogens (tertiary/aromatic N) is 3. The summed E-state index contributed by atoms with van der Waals surface area (Å²) in [4.78, 5) is 12.0. The largest absolute Gasteiger partial charge is 0.416 e. The van der Waals surface area contributed by atoms with E-state index < -0.39 is 22.4 Å². The molecule has 0 saturated carbocycles. The average molecular weight is 420 g/mol. The van der Waals surface area contributed by atoms with Gasteiger partial charge in [-0.2, -0.15) is 18.1 Å². The highest BCUT2D eigenvalue weighted by atomic mass is 19.4. The molecule has 0 saturated heterocycles. The molecule has 1 unspecified atom stereocenters. The van der Waals surface area contributed by atoms with Gasteiger partial charge in [-0.05, 0) is 49.6 Å². The van der Waals surface area contributed by atoms with Crippen LogP contribution < -0.4 is 4.90 Å². The third-order valence-corrected chi connectivity index (χ3v) is 5.70. The molecule has 0 fully saturated rings. The number of nitro groups is 1. The lowest BCUT2D eigenvalue weighted by Crippen LogP contribution is -2.47. The molecule has 0 bridgehead atoms. The Morgan fingerprint density at radius 1 is 1.10 bits per heavy atom. The number of anilines is 1. The molecule has 2 aliphatic rings. The van der Waals surface area contributed by atoms with E-state index in [1.807, 2.05) is 4.58 Å². The Morgan fingerprint density at radius 2 is 1.83 bits per heavy atom. The van der Waals surface area contributed by atoms with Crippen molar-refractivity contribution in [2.45, 2.75) is 37.6 Å². The van der Waals surface area contributed by atoms with E-state index in [1.54, 1.807) is 11.0 Å². The summed E-state index contributed by atoms with van der Waals surface area (Å²) < 4.78 is 42.0. The van der Waals surface area contributed by atoms with E-state index in [0.717, 1.165) is 37.2 Å². The fourth-order valence-corrected chi connectivity index (χ4v) is 4.28. The first-order valence-electron chi connectivity index (χ1n) is 9.76. The smallest absolute Gasteiger partial charge is 0.346 e. The van der Waals surface area contributed by atoms with Crippen molar-refractivity contribution >= 4 is 17.2 Å². The summed E-state index contributed by atoms with van der Waals surface area (Å²) >= 11 is 0. The molecule has 0 amide bonds. The van der Waals surface area contributed by atoms with Crippen LogP contribution in [0.3, 0.4) is 0 Å². The molecule has 6 nitrogen and oxygen atoms in total. The lowest BCUT2D eigenvalue weighted by atomic mass is 9.99. The van der Waals surface area contributed by atoms with Gasteiger partial charge in [0.15, 0.2) is 6.54 Å². The second kappa shape index (κ2) is 7.39. The number of alkyl halides is 3. The molecular formula is C21H21F3N3O3+. The summed E-state index contributed by atoms with van der Waals surface area (Å²) in [6, 6.07) is 10.4. The quantitative estimate of drug-likeness (QED) is 0.458. The molecule has 0 radical (unpaired) electrons. The number of hydrogen-bond donors (Lipinski definition) is 1. The van der Waals surface area contributed by atoms with E-state index >= 15 is 0 Å². The third kappa shape index (κ3) is 3.54. The Hall–Kier alpha value is -2.94. The molecule has 2 aromatic rings. The maximum Gasteiger partial charge on any atom is 0.416 e. The summed E-state index contributed by atoms with van der Waals surface area (Å²) in [7, 11) is 0. The maximum atomic E-state index is 13.3. The summed E-state index contributed by atoms with van der Waals surface area (Å²) in [5.41, 5.74) is -1.91. The van der Waals surface area contributed by atoms with Crippen molar-refractivity contribution in [1.82, 2.24) is 0 Å². The van der Waals surface area contributed by atoms with Crippen LogP contribution in [0.2, 0.25) is 0 Å². The summed E-state index contributed by atoms with van der Waals surface area (Å²) in [6.45, 7) is 0.872. The Balaban J connectivity index is 1.83. The number of hydrogen-bond acceptors (Lipinski definition) is 4. The standard InChI is InChI=1S/C21H21F3N3O3/c22-21(23,24)16-5-4-6-18(13-16)26-19-7-2-1-3-12-25(19)14-20(26,28)15-8-10-17(11-9-15)27(29)30/h4-6,8-11,13,28H,1-3,7,12,14H2/q+1. The van der Waals surface area contributed by atoms with Gasteiger partial charge in [0.2, 0.25) is 0 Å². The van der Waals surface area contributed by atoms with E-state index in [9.17, 15) is 28.4 Å². The monoisotopic (exact) mass is 420 g/mol. The Kier molecular flexibility index (Phi) is 5.01. The van der Waals surface area contributed by atoms with Gasteiger partial charge in [0, 0.05) is 24.1 Å². The highest BCUT2D eigenvalue weighted by Gasteiger charge is 2.54. The van der Waals surface area contributed by atoms with Crippen LogP contribution in [-0.4, -0.2) is 33.5 Å². The first kappa shape index (κ1) is 20.3. The maximum absolute atomic E-state index is 13.3. The third-order valence-electron chi connectivity index (χ3n) is 5.70. The SMILES string of the molecule is O=[N+]([O-])c1ccc(C2(O)C[N+]3=C(CCCCC3)N2c2cccc(C(F)(F)F)c2)cc1. The van der Waals surface area contributed by atoms with Gasteiger partial charge in [0.1, 0.15) is 5.69 Å². The van der Waals surface area contributed by atoms with Crippen molar-refractivity contribution in [3.8, 4) is 0 Å². The summed E-state index contributed by atoms with van der Waals surface area (Å²) in [5, 5.41) is 22.7. The van der Waals surface area contributed by atoms with Gasteiger partial charge in [0.05, 0.1) is 17.0 Å². The normalized spacial score (nSPS) is 22.1. The molecule has 0 spiro atoms. The van der Waals surface area contributed by atoms with E-state index in [4.69, 9.17) is 0 Å². The summed E-state index contributed by atoms with van der Waals surface area (Å²) in [5.74, 6) is 0.771. The molecule has 0 aliphatic carbocycles. The van der Waals surface area contributed by atoms with Crippen LogP contribution in [0.25, 0.3) is 0 Å². The number of rotatable bonds is 3. The summed E-state index contributed by atoms with van der Waals surface area (Å²) in [6.07, 6.45) is -1.07. The minimum atomic E-state index is -4.50. The second-order valence-corrected chi connectivity index (χ2v) is 7.65. The lowest BCUT2D eigenvalue weighted by Gasteiger charge is -2.29. The minimum absolute atomic E-state index is 0.117. The molecule has 158 valence electrons. The van der Waals surface area contributed by atoms with Crippen molar-refractivity contribution in [3.05, 3.63) is 69.8 Å². The highest BCUT2D eigenvalue weighted by Crippen LogP contribution is 2.40. The number of amidine groups is 1. The number of benzene rings is 2. The molecule has 30 heavy (non-hydrogen) atoms. The van der Waals surface area contributed by atoms with Gasteiger partial charge in [-0.3, -0.25) is 14.7 Å². The zero-order valence-corrected chi connectivity index (χ0v) is 16.1. The minimum Gasteiger partial charge on any atom is -0.346 e. The van der Waals surface area contributed by atoms with Crippen LogP contribution in [0.1, 0.15) is 36.8 Å². The van der Waals surface area contributed by atoms with Gasteiger partial charge in [-0.25, -0.2) is 0 Å². The van der Waals surface area contributed by atoms with E-state index in [0.29, 0.717) is 18.5 Å². The van der Waals surface area contributed by atoms with Crippen molar-refractivity contribution in [2.24, 2.45) is 0 Å². The lowest BCUT2D eigenvalue weighted by molar-refractivity contribution is -0.534. The van der Waals surface area contributed by atoms with E-state index in [-0.39, 0.29) is 17.9 Å². The molecule has 9 heteroatoms. The van der Waals surface area contributed by atoms with E-state index in [1.165, 1.54) is 30.3 Å². The average Bonchev–Trinajstić information content (AvgIpc) is 2.83. The van der Waals surface area contributed by atoms with Crippen LogP contribution in [-0.2, 0) is 11.9 Å². The molecular weight excluding hydrogens is 399 g/mol. The van der Waals surface area contributed by atoms with E-state index in [2.05, 4.69) is 0 Å². The molecule has 0 aromatic heterocycles. The fraction of sp³-hybridized carbons (Fsp3) is 0.381. The van der Waals surface area contributed by atoms with Gasteiger partial charge in [-0.15, -0.1) is 0 Å². The molecule has 1 atom stereocenters. The molecule has 2 heterocycles. The number of nitro benzene ring substituents is 1. The zero-order chi connectivity index (χ0) is 21.5. The van der Waals surface area contributed by atoms with Crippen molar-refractivity contribution < 1.29 is 27.8 Å². The van der Waals surface area contributed by atoms with Crippen LogP contribution in [0, 0.1) is 10.1 Å². The fourth-order valence-electron chi connectivity index (χ4n) is 4.28. The highest BCUT2D eigenvalue weighted by molar-refractivity contribution is 5.97. The molecule has 2 aromatic carbocycles. The Morgan fingerprint density at radius 3 is 2.50 bits per heavy atom.